The van der Waals surface area contributed by atoms with Gasteiger partial charge in [0.2, 0.25) is 0 Å². The van der Waals surface area contributed by atoms with Crippen LogP contribution in [-0.2, 0) is 11.3 Å². The average molecular weight is 379 g/mol. The molecular weight excluding hydrogens is 354 g/mol. The molecule has 1 N–H and O–H groups in total. The molecule has 0 unspecified atom stereocenters. The number of benzene rings is 1. The molecule has 1 aromatic carbocycles. The fourth-order valence-electron chi connectivity index (χ4n) is 3.91. The van der Waals surface area contributed by atoms with Crippen LogP contribution in [0.3, 0.4) is 0 Å². The van der Waals surface area contributed by atoms with E-state index in [0.29, 0.717) is 25.3 Å². The summed E-state index contributed by atoms with van der Waals surface area (Å²) in [6, 6.07) is 9.81. The molecule has 7 nitrogen and oxygen atoms in total. The Morgan fingerprint density at radius 1 is 1.36 bits per heavy atom. The predicted octanol–water partition coefficient (Wildman–Crippen LogP) is 3.01. The second kappa shape index (κ2) is 7.59. The Hall–Kier alpha value is -2.93. The summed E-state index contributed by atoms with van der Waals surface area (Å²) in [4.78, 5) is 19.1. The predicted molar refractivity (Wildman–Crippen MR) is 107 cm³/mol. The molecule has 0 bridgehead atoms. The third-order valence-corrected chi connectivity index (χ3v) is 5.63. The summed E-state index contributed by atoms with van der Waals surface area (Å²) < 4.78 is 7.75. The lowest BCUT2D eigenvalue weighted by atomic mass is 9.88. The van der Waals surface area contributed by atoms with E-state index in [1.165, 1.54) is 0 Å². The number of amides is 1. The van der Waals surface area contributed by atoms with Gasteiger partial charge in [-0.25, -0.2) is 4.98 Å². The highest BCUT2D eigenvalue weighted by Gasteiger charge is 2.35. The van der Waals surface area contributed by atoms with Crippen LogP contribution in [0, 0.1) is 0 Å². The van der Waals surface area contributed by atoms with Crippen LogP contribution < -0.4 is 0 Å². The molecule has 1 saturated heterocycles. The van der Waals surface area contributed by atoms with Crippen molar-refractivity contribution in [3.63, 3.8) is 0 Å². The number of methoxy groups -OCH3 is 1. The van der Waals surface area contributed by atoms with Crippen molar-refractivity contribution in [2.45, 2.75) is 31.4 Å². The molecule has 146 valence electrons. The Kier molecular flexibility index (Phi) is 5.00. The summed E-state index contributed by atoms with van der Waals surface area (Å²) in [5, 5.41) is 7.24. The van der Waals surface area contributed by atoms with Gasteiger partial charge in [0.25, 0.3) is 5.91 Å². The van der Waals surface area contributed by atoms with Crippen LogP contribution in [0.15, 0.2) is 49.3 Å². The Labute approximate surface area is 164 Å². The van der Waals surface area contributed by atoms with E-state index >= 15 is 0 Å². The largest absolute Gasteiger partial charge is 0.378 e. The van der Waals surface area contributed by atoms with Gasteiger partial charge < -0.3 is 14.2 Å². The van der Waals surface area contributed by atoms with E-state index in [1.54, 1.807) is 7.11 Å². The monoisotopic (exact) mass is 379 g/mol. The number of likely N-dealkylation sites (tertiary alicyclic amines) is 1. The van der Waals surface area contributed by atoms with Crippen LogP contribution in [0.25, 0.3) is 11.0 Å². The summed E-state index contributed by atoms with van der Waals surface area (Å²) in [5.74, 6) is -0.0405. The standard InChI is InChI=1S/C21H25N5O2/c1-3-8-21(28-2)9-11-25(12-10-21)20(27)18-13-16(23-24-18)14-26-15-22-17-6-4-5-7-19(17)26/h3-7,13,15H,1,8-12,14H2,2H3,(H,23,24). The molecule has 1 fully saturated rings. The molecule has 4 rings (SSSR count). The maximum Gasteiger partial charge on any atom is 0.274 e. The number of nitrogens with one attached hydrogen (secondary N) is 1. The van der Waals surface area contributed by atoms with Crippen molar-refractivity contribution in [1.82, 2.24) is 24.6 Å². The summed E-state index contributed by atoms with van der Waals surface area (Å²) in [6.45, 7) is 5.73. The highest BCUT2D eigenvalue weighted by atomic mass is 16.5. The van der Waals surface area contributed by atoms with Gasteiger partial charge in [0.1, 0.15) is 5.69 Å². The van der Waals surface area contributed by atoms with Gasteiger partial charge >= 0.3 is 0 Å². The van der Waals surface area contributed by atoms with Gasteiger partial charge in [0.05, 0.1) is 35.2 Å². The normalized spacial score (nSPS) is 16.4. The number of H-pyrrole nitrogens is 1. The molecule has 7 heteroatoms. The zero-order chi connectivity index (χ0) is 19.6. The van der Waals surface area contributed by atoms with E-state index in [0.717, 1.165) is 36.0 Å². The van der Waals surface area contributed by atoms with Crippen LogP contribution in [0.4, 0.5) is 0 Å². The second-order valence-corrected chi connectivity index (χ2v) is 7.31. The van der Waals surface area contributed by atoms with Crippen LogP contribution >= 0.6 is 0 Å². The van der Waals surface area contributed by atoms with Gasteiger partial charge in [-0.05, 0) is 37.5 Å². The molecular formula is C21H25N5O2. The first-order valence-corrected chi connectivity index (χ1v) is 9.54. The number of aromatic nitrogens is 4. The fraction of sp³-hybridized carbons (Fsp3) is 0.381. The third kappa shape index (κ3) is 3.45. The number of rotatable bonds is 6. The second-order valence-electron chi connectivity index (χ2n) is 7.31. The van der Waals surface area contributed by atoms with Crippen molar-refractivity contribution in [2.75, 3.05) is 20.2 Å². The number of para-hydroxylation sites is 2. The maximum absolute atomic E-state index is 12.8. The Morgan fingerprint density at radius 2 is 2.14 bits per heavy atom. The zero-order valence-electron chi connectivity index (χ0n) is 16.1. The van der Waals surface area contributed by atoms with Gasteiger partial charge in [-0.1, -0.05) is 18.2 Å². The number of ether oxygens (including phenoxy) is 1. The van der Waals surface area contributed by atoms with Crippen molar-refractivity contribution >= 4 is 16.9 Å². The minimum Gasteiger partial charge on any atom is -0.378 e. The van der Waals surface area contributed by atoms with Crippen LogP contribution in [0.2, 0.25) is 0 Å². The highest BCUT2D eigenvalue weighted by Crippen LogP contribution is 2.30. The molecule has 0 radical (unpaired) electrons. The molecule has 2 aromatic heterocycles. The van der Waals surface area contributed by atoms with Gasteiger partial charge in [0, 0.05) is 20.2 Å². The number of carbonyl (C=O) groups excluding carboxylic acids is 1. The van der Waals surface area contributed by atoms with Gasteiger partial charge in [-0.2, -0.15) is 5.10 Å². The number of hydrogen-bond donors (Lipinski definition) is 1. The molecule has 0 atom stereocenters. The van der Waals surface area contributed by atoms with Gasteiger partial charge in [0.15, 0.2) is 0 Å². The molecule has 3 heterocycles. The SMILES string of the molecule is C=CCC1(OC)CCN(C(=O)c2cc(Cn3cnc4ccccc43)[nH]n2)CC1. The Balaban J connectivity index is 1.43. The molecule has 1 aliphatic rings. The summed E-state index contributed by atoms with van der Waals surface area (Å²) in [5.41, 5.74) is 3.14. The van der Waals surface area contributed by atoms with Crippen molar-refractivity contribution < 1.29 is 9.53 Å². The van der Waals surface area contributed by atoms with Gasteiger partial charge in [-0.3, -0.25) is 9.89 Å². The molecule has 3 aromatic rings. The van der Waals surface area contributed by atoms with Crippen LogP contribution in [-0.4, -0.2) is 56.4 Å². The minimum atomic E-state index is -0.197. The Morgan fingerprint density at radius 3 is 2.89 bits per heavy atom. The lowest BCUT2D eigenvalue weighted by Crippen LogP contribution is -2.47. The van der Waals surface area contributed by atoms with Crippen molar-refractivity contribution in [3.8, 4) is 0 Å². The first-order chi connectivity index (χ1) is 13.6. The van der Waals surface area contributed by atoms with E-state index in [9.17, 15) is 4.79 Å². The lowest BCUT2D eigenvalue weighted by molar-refractivity contribution is -0.0498. The quantitative estimate of drug-likeness (QED) is 0.668. The smallest absolute Gasteiger partial charge is 0.274 e. The van der Waals surface area contributed by atoms with Crippen molar-refractivity contribution in [1.29, 1.82) is 0 Å². The molecule has 0 spiro atoms. The minimum absolute atomic E-state index is 0.0405. The van der Waals surface area contributed by atoms with E-state index in [1.807, 2.05) is 52.2 Å². The first-order valence-electron chi connectivity index (χ1n) is 9.54. The Bertz CT molecular complexity index is 982. The number of carbonyl (C=O) groups is 1. The summed E-state index contributed by atoms with van der Waals surface area (Å²) in [6.07, 6.45) is 6.11. The molecule has 28 heavy (non-hydrogen) atoms. The lowest BCUT2D eigenvalue weighted by Gasteiger charge is -2.40. The molecule has 1 amide bonds. The molecule has 0 aliphatic carbocycles. The van der Waals surface area contributed by atoms with Crippen LogP contribution in [0.5, 0.6) is 0 Å². The first kappa shape index (κ1) is 18.4. The summed E-state index contributed by atoms with van der Waals surface area (Å²) in [7, 11) is 1.74. The maximum atomic E-state index is 12.8. The number of hydrogen-bond acceptors (Lipinski definition) is 4. The van der Waals surface area contributed by atoms with Crippen molar-refractivity contribution in [3.05, 3.63) is 60.7 Å². The molecule has 1 aliphatic heterocycles. The van der Waals surface area contributed by atoms with Crippen molar-refractivity contribution in [2.24, 2.45) is 0 Å². The number of nitrogens with zero attached hydrogens (tertiary/aromatic N) is 4. The number of fused-ring (bicyclic) bond motifs is 1. The van der Waals surface area contributed by atoms with E-state index in [-0.39, 0.29) is 11.5 Å². The van der Waals surface area contributed by atoms with Gasteiger partial charge in [-0.15, -0.1) is 6.58 Å². The highest BCUT2D eigenvalue weighted by molar-refractivity contribution is 5.92. The van der Waals surface area contributed by atoms with Crippen LogP contribution in [0.1, 0.15) is 35.4 Å². The molecule has 0 saturated carbocycles. The fourth-order valence-corrected chi connectivity index (χ4v) is 3.91. The topological polar surface area (TPSA) is 76.0 Å². The summed E-state index contributed by atoms with van der Waals surface area (Å²) >= 11 is 0. The van der Waals surface area contributed by atoms with E-state index in [4.69, 9.17) is 4.74 Å². The van der Waals surface area contributed by atoms with E-state index in [2.05, 4.69) is 21.8 Å². The zero-order valence-corrected chi connectivity index (χ0v) is 16.1. The number of aromatic amines is 1. The van der Waals surface area contributed by atoms with E-state index < -0.39 is 0 Å². The number of imidazole rings is 1. The third-order valence-electron chi connectivity index (χ3n) is 5.63. The average Bonchev–Trinajstić information content (AvgIpc) is 3.36. The number of piperidine rings is 1.